The van der Waals surface area contributed by atoms with Gasteiger partial charge in [0, 0.05) is 38.9 Å². The summed E-state index contributed by atoms with van der Waals surface area (Å²) in [4.78, 5) is 24.4. The molecule has 0 bridgehead atoms. The average molecular weight is 409 g/mol. The van der Waals surface area contributed by atoms with Crippen LogP contribution >= 0.6 is 11.3 Å². The van der Waals surface area contributed by atoms with Crippen LogP contribution in [-0.2, 0) is 6.54 Å². The number of hydrogen-bond donors (Lipinski definition) is 1. The largest absolute Gasteiger partial charge is 0.352 e. The van der Waals surface area contributed by atoms with Gasteiger partial charge in [0.15, 0.2) is 11.6 Å². The summed E-state index contributed by atoms with van der Waals surface area (Å²) in [6.45, 7) is 5.56. The number of benzene rings is 1. The number of rotatable bonds is 3. The van der Waals surface area contributed by atoms with E-state index < -0.39 is 5.82 Å². The molecule has 0 atom stereocenters. The number of pyridine rings is 2. The molecule has 29 heavy (non-hydrogen) atoms. The molecule has 4 heterocycles. The first-order valence-corrected chi connectivity index (χ1v) is 10.5. The number of aromatic nitrogens is 3. The van der Waals surface area contributed by atoms with E-state index in [4.69, 9.17) is 0 Å². The standard InChI is InChI=1S/C21H20FN5OS/c1-2-26-12-14(21-24-16-5-3-4-6-17(16)29-21)18(28)13-11-15(22)20(25-19(13)26)27-9-7-23-8-10-27/h3-6,11-12,23H,2,7-10H2,1H3. The Balaban J connectivity index is 1.71. The molecule has 0 radical (unpaired) electrons. The minimum absolute atomic E-state index is 0.234. The van der Waals surface area contributed by atoms with Gasteiger partial charge in [-0.1, -0.05) is 12.1 Å². The van der Waals surface area contributed by atoms with Crippen LogP contribution in [0.5, 0.6) is 0 Å². The van der Waals surface area contributed by atoms with Crippen LogP contribution in [0.2, 0.25) is 0 Å². The van der Waals surface area contributed by atoms with Crippen molar-refractivity contribution in [2.45, 2.75) is 13.5 Å². The number of aryl methyl sites for hydroxylation is 1. The lowest BCUT2D eigenvalue weighted by Crippen LogP contribution is -2.44. The number of thiazole rings is 1. The molecule has 0 unspecified atom stereocenters. The third-order valence-electron chi connectivity index (χ3n) is 5.27. The monoisotopic (exact) mass is 409 g/mol. The summed E-state index contributed by atoms with van der Waals surface area (Å²) in [7, 11) is 0. The van der Waals surface area contributed by atoms with Gasteiger partial charge in [-0.05, 0) is 25.1 Å². The van der Waals surface area contributed by atoms with Crippen LogP contribution in [0.3, 0.4) is 0 Å². The van der Waals surface area contributed by atoms with E-state index in [1.807, 2.05) is 40.7 Å². The van der Waals surface area contributed by atoms with Crippen molar-refractivity contribution in [3.05, 3.63) is 52.6 Å². The lowest BCUT2D eigenvalue weighted by Gasteiger charge is -2.29. The van der Waals surface area contributed by atoms with Crippen LogP contribution in [-0.4, -0.2) is 40.7 Å². The number of halogens is 1. The van der Waals surface area contributed by atoms with Gasteiger partial charge in [0.1, 0.15) is 10.7 Å². The van der Waals surface area contributed by atoms with Gasteiger partial charge in [0.2, 0.25) is 5.43 Å². The highest BCUT2D eigenvalue weighted by atomic mass is 32.1. The van der Waals surface area contributed by atoms with Crippen LogP contribution in [0, 0.1) is 5.82 Å². The molecule has 4 aromatic rings. The lowest BCUT2D eigenvalue weighted by molar-refractivity contribution is 0.559. The van der Waals surface area contributed by atoms with E-state index in [9.17, 15) is 9.18 Å². The summed E-state index contributed by atoms with van der Waals surface area (Å²) in [5.74, 6) is -0.144. The molecule has 0 amide bonds. The van der Waals surface area contributed by atoms with Crippen LogP contribution in [0.15, 0.2) is 41.3 Å². The molecular weight excluding hydrogens is 389 g/mol. The number of nitrogens with zero attached hydrogens (tertiary/aromatic N) is 4. The third-order valence-corrected chi connectivity index (χ3v) is 6.33. The molecule has 5 rings (SSSR count). The summed E-state index contributed by atoms with van der Waals surface area (Å²) in [5.41, 5.74) is 1.62. The summed E-state index contributed by atoms with van der Waals surface area (Å²) >= 11 is 1.47. The summed E-state index contributed by atoms with van der Waals surface area (Å²) in [6, 6.07) is 9.12. The highest BCUT2D eigenvalue weighted by Crippen LogP contribution is 2.30. The molecule has 0 aliphatic carbocycles. The van der Waals surface area contributed by atoms with Gasteiger partial charge in [0.05, 0.1) is 21.2 Å². The van der Waals surface area contributed by atoms with E-state index in [-0.39, 0.29) is 5.43 Å². The highest BCUT2D eigenvalue weighted by Gasteiger charge is 2.21. The zero-order chi connectivity index (χ0) is 20.0. The Kier molecular flexibility index (Phi) is 4.52. The Morgan fingerprint density at radius 3 is 2.76 bits per heavy atom. The SMILES string of the molecule is CCn1cc(-c2nc3ccccc3s2)c(=O)c2cc(F)c(N3CCNCC3)nc21. The van der Waals surface area contributed by atoms with Gasteiger partial charge in [-0.2, -0.15) is 0 Å². The van der Waals surface area contributed by atoms with E-state index in [1.165, 1.54) is 17.4 Å². The minimum Gasteiger partial charge on any atom is -0.352 e. The molecule has 148 valence electrons. The Morgan fingerprint density at radius 1 is 1.21 bits per heavy atom. The van der Waals surface area contributed by atoms with E-state index in [0.717, 1.165) is 23.3 Å². The van der Waals surface area contributed by atoms with Crippen LogP contribution in [0.25, 0.3) is 31.8 Å². The fourth-order valence-corrected chi connectivity index (χ4v) is 4.73. The van der Waals surface area contributed by atoms with Gasteiger partial charge in [0.25, 0.3) is 0 Å². The molecule has 1 fully saturated rings. The first-order chi connectivity index (χ1) is 14.2. The van der Waals surface area contributed by atoms with Crippen molar-refractivity contribution >= 4 is 38.4 Å². The first kappa shape index (κ1) is 18.2. The summed E-state index contributed by atoms with van der Waals surface area (Å²) < 4.78 is 17.9. The van der Waals surface area contributed by atoms with Gasteiger partial charge in [-0.3, -0.25) is 4.79 Å². The molecule has 6 nitrogen and oxygen atoms in total. The Labute approximate surface area is 170 Å². The van der Waals surface area contributed by atoms with Crippen molar-refractivity contribution in [2.75, 3.05) is 31.1 Å². The zero-order valence-corrected chi connectivity index (χ0v) is 16.8. The maximum atomic E-state index is 14.9. The van der Waals surface area contributed by atoms with Crippen molar-refractivity contribution in [3.8, 4) is 10.6 Å². The maximum Gasteiger partial charge on any atom is 0.201 e. The molecule has 0 saturated carbocycles. The number of fused-ring (bicyclic) bond motifs is 2. The molecule has 1 aliphatic rings. The van der Waals surface area contributed by atoms with Crippen molar-refractivity contribution < 1.29 is 4.39 Å². The van der Waals surface area contributed by atoms with E-state index >= 15 is 0 Å². The second-order valence-electron chi connectivity index (χ2n) is 7.05. The van der Waals surface area contributed by atoms with Gasteiger partial charge in [-0.25, -0.2) is 14.4 Å². The topological polar surface area (TPSA) is 63.1 Å². The molecular formula is C21H20FN5OS. The van der Waals surface area contributed by atoms with E-state index in [2.05, 4.69) is 15.3 Å². The predicted molar refractivity (Wildman–Crippen MR) is 115 cm³/mol. The smallest absolute Gasteiger partial charge is 0.201 e. The number of piperazine rings is 1. The van der Waals surface area contributed by atoms with Crippen molar-refractivity contribution in [1.29, 1.82) is 0 Å². The summed E-state index contributed by atoms with van der Waals surface area (Å²) in [5, 5.41) is 4.19. The van der Waals surface area contributed by atoms with Gasteiger partial charge < -0.3 is 14.8 Å². The number of hydrogen-bond acceptors (Lipinski definition) is 6. The van der Waals surface area contributed by atoms with Crippen molar-refractivity contribution in [2.24, 2.45) is 0 Å². The molecule has 1 saturated heterocycles. The Morgan fingerprint density at radius 2 is 2.00 bits per heavy atom. The Hall–Kier alpha value is -2.84. The molecule has 0 spiro atoms. The summed E-state index contributed by atoms with van der Waals surface area (Å²) in [6.07, 6.45) is 1.80. The molecule has 1 aromatic carbocycles. The van der Waals surface area contributed by atoms with E-state index in [1.54, 1.807) is 6.20 Å². The zero-order valence-electron chi connectivity index (χ0n) is 16.0. The Bertz CT molecular complexity index is 1240. The average Bonchev–Trinajstić information content (AvgIpc) is 3.18. The third kappa shape index (κ3) is 3.08. The second kappa shape index (κ2) is 7.20. The van der Waals surface area contributed by atoms with Crippen LogP contribution in [0.1, 0.15) is 6.92 Å². The second-order valence-corrected chi connectivity index (χ2v) is 8.08. The van der Waals surface area contributed by atoms with Crippen LogP contribution < -0.4 is 15.6 Å². The molecule has 3 aromatic heterocycles. The van der Waals surface area contributed by atoms with Crippen LogP contribution in [0.4, 0.5) is 10.2 Å². The molecule has 1 N–H and O–H groups in total. The molecule has 8 heteroatoms. The van der Waals surface area contributed by atoms with E-state index in [0.29, 0.717) is 47.1 Å². The first-order valence-electron chi connectivity index (χ1n) is 9.71. The minimum atomic E-state index is -0.458. The fourth-order valence-electron chi connectivity index (χ4n) is 3.76. The predicted octanol–water partition coefficient (Wildman–Crippen LogP) is 3.24. The quantitative estimate of drug-likeness (QED) is 0.563. The van der Waals surface area contributed by atoms with Crippen molar-refractivity contribution in [3.63, 3.8) is 0 Å². The fraction of sp³-hybridized carbons (Fsp3) is 0.286. The maximum absolute atomic E-state index is 14.9. The highest BCUT2D eigenvalue weighted by molar-refractivity contribution is 7.21. The number of para-hydroxylation sites is 1. The van der Waals surface area contributed by atoms with Gasteiger partial charge >= 0.3 is 0 Å². The number of anilines is 1. The normalized spacial score (nSPS) is 14.8. The van der Waals surface area contributed by atoms with Crippen molar-refractivity contribution in [1.82, 2.24) is 19.9 Å². The number of nitrogens with one attached hydrogen (secondary N) is 1. The molecule has 1 aliphatic heterocycles. The lowest BCUT2D eigenvalue weighted by atomic mass is 10.2. The van der Waals surface area contributed by atoms with Gasteiger partial charge in [-0.15, -0.1) is 11.3 Å².